The van der Waals surface area contributed by atoms with Gasteiger partial charge in [0.15, 0.2) is 0 Å². The number of carbonyl (C=O) groups is 1. The molecule has 3 nitrogen and oxygen atoms in total. The van der Waals surface area contributed by atoms with Crippen molar-refractivity contribution in [1.82, 2.24) is 0 Å². The van der Waals surface area contributed by atoms with E-state index in [1.807, 2.05) is 24.3 Å². The molecule has 0 radical (unpaired) electrons. The van der Waals surface area contributed by atoms with Crippen LogP contribution in [0.3, 0.4) is 0 Å². The summed E-state index contributed by atoms with van der Waals surface area (Å²) in [5, 5.41) is 8.87. The maximum absolute atomic E-state index is 10.8. The summed E-state index contributed by atoms with van der Waals surface area (Å²) in [5.74, 6) is 0.516. The fourth-order valence-electron chi connectivity index (χ4n) is 3.00. The van der Waals surface area contributed by atoms with Crippen LogP contribution < -0.4 is 4.74 Å². The summed E-state index contributed by atoms with van der Waals surface area (Å²) < 4.78 is 4.97. The lowest BCUT2D eigenvalue weighted by molar-refractivity contribution is -0.140. The van der Waals surface area contributed by atoms with E-state index in [2.05, 4.69) is 34.3 Å². The fraction of sp³-hybridized carbons (Fsp3) is 0.500. The molecule has 1 atom stereocenters. The molecule has 1 aromatic rings. The first-order valence-electron chi connectivity index (χ1n) is 8.90. The molecule has 26 heavy (non-hydrogen) atoms. The van der Waals surface area contributed by atoms with Crippen molar-refractivity contribution in [3.8, 4) is 5.75 Å². The van der Waals surface area contributed by atoms with Crippen molar-refractivity contribution in [2.24, 2.45) is 11.3 Å². The van der Waals surface area contributed by atoms with Gasteiger partial charge in [0.1, 0.15) is 5.75 Å². The summed E-state index contributed by atoms with van der Waals surface area (Å²) in [6.07, 6.45) is 2.09. The van der Waals surface area contributed by atoms with Gasteiger partial charge in [0.25, 0.3) is 0 Å². The molecule has 0 amide bonds. The van der Waals surface area contributed by atoms with E-state index in [0.717, 1.165) is 18.6 Å². The van der Waals surface area contributed by atoms with Crippen LogP contribution >= 0.6 is 11.8 Å². The molecule has 0 fully saturated rings. The molecule has 4 heteroatoms. The first-order valence-corrected chi connectivity index (χ1v) is 9.88. The Hall–Kier alpha value is -1.68. The van der Waals surface area contributed by atoms with Gasteiger partial charge in [-0.3, -0.25) is 4.79 Å². The van der Waals surface area contributed by atoms with E-state index in [-0.39, 0.29) is 5.92 Å². The number of carboxylic acid groups (broad SMARTS) is 1. The Morgan fingerprint density at radius 2 is 1.85 bits per heavy atom. The highest BCUT2D eigenvalue weighted by Crippen LogP contribution is 2.45. The summed E-state index contributed by atoms with van der Waals surface area (Å²) >= 11 is 1.65. The number of ether oxygens (including phenoxy) is 1. The molecule has 1 aliphatic carbocycles. The number of benzene rings is 1. The van der Waals surface area contributed by atoms with E-state index in [1.54, 1.807) is 25.8 Å². The van der Waals surface area contributed by atoms with Gasteiger partial charge in [-0.25, -0.2) is 0 Å². The van der Waals surface area contributed by atoms with Crippen LogP contribution in [0.1, 0.15) is 46.1 Å². The van der Waals surface area contributed by atoms with Gasteiger partial charge >= 0.3 is 5.97 Å². The molecule has 1 aliphatic rings. The van der Waals surface area contributed by atoms with Crippen molar-refractivity contribution >= 4 is 17.7 Å². The monoisotopic (exact) mass is 376 g/mol. The predicted octanol–water partition coefficient (Wildman–Crippen LogP) is 6.09. The highest BCUT2D eigenvalue weighted by molar-refractivity contribution is 8.03. The molecule has 0 spiro atoms. The quantitative estimate of drug-likeness (QED) is 0.675. The average Bonchev–Trinajstić information content (AvgIpc) is 2.54. The molecule has 1 N–H and O–H groups in total. The van der Waals surface area contributed by atoms with E-state index in [4.69, 9.17) is 9.84 Å². The minimum absolute atomic E-state index is 0.295. The van der Waals surface area contributed by atoms with E-state index in [1.165, 1.54) is 21.6 Å². The zero-order chi connectivity index (χ0) is 19.9. The number of aryl methyl sites for hydroxylation is 1. The van der Waals surface area contributed by atoms with Crippen LogP contribution in [0, 0.1) is 18.3 Å². The molecule has 0 bridgehead atoms. The van der Waals surface area contributed by atoms with Crippen molar-refractivity contribution in [3.63, 3.8) is 0 Å². The number of rotatable bonds is 5. The second-order valence-electron chi connectivity index (χ2n) is 7.80. The normalized spacial score (nSPS) is 17.2. The maximum atomic E-state index is 10.8. The van der Waals surface area contributed by atoms with Gasteiger partial charge in [-0.2, -0.15) is 0 Å². The van der Waals surface area contributed by atoms with E-state index in [9.17, 15) is 4.79 Å². The van der Waals surface area contributed by atoms with Crippen LogP contribution in [0.15, 0.2) is 46.9 Å². The lowest BCUT2D eigenvalue weighted by Crippen LogP contribution is -2.19. The van der Waals surface area contributed by atoms with Crippen molar-refractivity contribution in [1.29, 1.82) is 0 Å². The van der Waals surface area contributed by atoms with E-state index in [0.29, 0.717) is 11.2 Å². The standard InChI is InChI=1S/C14H22O2S.C8H10O/c1-9-6-14(4,5)7-10(2)12(9)17-8-11(3)13(15)16;1-7-3-5-8(9-2)6-4-7/h11H,1,6-8H2,2-5H3,(H,15,16);3-6H,1-2H3. The zero-order valence-corrected chi connectivity index (χ0v) is 17.7. The third-order valence-corrected chi connectivity index (χ3v) is 5.89. The van der Waals surface area contributed by atoms with Crippen molar-refractivity contribution in [2.45, 2.75) is 47.5 Å². The molecule has 2 rings (SSSR count). The SMILES string of the molecule is C=C1CC(C)(C)CC(C)=C1SCC(C)C(=O)O.COc1ccc(C)cc1. The summed E-state index contributed by atoms with van der Waals surface area (Å²) in [6.45, 7) is 14.6. The topological polar surface area (TPSA) is 46.5 Å². The minimum Gasteiger partial charge on any atom is -0.497 e. The van der Waals surface area contributed by atoms with Crippen LogP contribution in [-0.2, 0) is 4.79 Å². The van der Waals surface area contributed by atoms with Gasteiger partial charge in [0.2, 0.25) is 0 Å². The van der Waals surface area contributed by atoms with Gasteiger partial charge in [-0.05, 0) is 49.8 Å². The van der Waals surface area contributed by atoms with Crippen molar-refractivity contribution in [3.05, 3.63) is 52.5 Å². The van der Waals surface area contributed by atoms with Crippen molar-refractivity contribution < 1.29 is 14.6 Å². The summed E-state index contributed by atoms with van der Waals surface area (Å²) in [7, 11) is 1.67. The van der Waals surface area contributed by atoms with E-state index < -0.39 is 5.97 Å². The van der Waals surface area contributed by atoms with Gasteiger partial charge in [0, 0.05) is 10.7 Å². The Kier molecular flexibility index (Phi) is 8.48. The summed E-state index contributed by atoms with van der Waals surface area (Å²) in [4.78, 5) is 12.0. The Balaban J connectivity index is 0.000000314. The zero-order valence-electron chi connectivity index (χ0n) is 16.9. The Morgan fingerprint density at radius 1 is 1.27 bits per heavy atom. The summed E-state index contributed by atoms with van der Waals surface area (Å²) in [6, 6.07) is 7.96. The highest BCUT2D eigenvalue weighted by atomic mass is 32.2. The number of carboxylic acids is 1. The number of hydrogen-bond acceptors (Lipinski definition) is 3. The second kappa shape index (κ2) is 9.86. The van der Waals surface area contributed by atoms with Crippen LogP contribution in [-0.4, -0.2) is 23.9 Å². The molecular weight excluding hydrogens is 344 g/mol. The lowest BCUT2D eigenvalue weighted by Gasteiger charge is -2.33. The number of methoxy groups -OCH3 is 1. The number of hydrogen-bond donors (Lipinski definition) is 1. The minimum atomic E-state index is -0.725. The van der Waals surface area contributed by atoms with Crippen molar-refractivity contribution in [2.75, 3.05) is 12.9 Å². The summed E-state index contributed by atoms with van der Waals surface area (Å²) in [5.41, 5.74) is 4.08. The van der Waals surface area contributed by atoms with Gasteiger partial charge in [0.05, 0.1) is 13.0 Å². The third kappa shape index (κ3) is 7.28. The van der Waals surface area contributed by atoms with E-state index >= 15 is 0 Å². The maximum Gasteiger partial charge on any atom is 0.307 e. The number of thioether (sulfide) groups is 1. The second-order valence-corrected chi connectivity index (χ2v) is 8.83. The smallest absolute Gasteiger partial charge is 0.307 e. The van der Waals surface area contributed by atoms with Gasteiger partial charge < -0.3 is 9.84 Å². The van der Waals surface area contributed by atoms with Crippen LogP contribution in [0.4, 0.5) is 0 Å². The molecule has 144 valence electrons. The first-order chi connectivity index (χ1) is 12.1. The molecule has 1 unspecified atom stereocenters. The number of allylic oxidation sites excluding steroid dienone is 2. The van der Waals surface area contributed by atoms with Crippen LogP contribution in [0.5, 0.6) is 5.75 Å². The van der Waals surface area contributed by atoms with Crippen LogP contribution in [0.25, 0.3) is 0 Å². The van der Waals surface area contributed by atoms with Gasteiger partial charge in [-0.15, -0.1) is 11.8 Å². The highest BCUT2D eigenvalue weighted by Gasteiger charge is 2.28. The third-order valence-electron chi connectivity index (χ3n) is 4.30. The lowest BCUT2D eigenvalue weighted by atomic mass is 9.76. The largest absolute Gasteiger partial charge is 0.497 e. The Labute approximate surface area is 162 Å². The Morgan fingerprint density at radius 3 is 2.31 bits per heavy atom. The predicted molar refractivity (Wildman–Crippen MR) is 112 cm³/mol. The molecule has 0 heterocycles. The Bertz CT molecular complexity index is 656. The fourth-order valence-corrected chi connectivity index (χ4v) is 4.15. The molecule has 0 aromatic heterocycles. The number of aliphatic carboxylic acids is 1. The molecular formula is C22H32O3S. The molecule has 0 saturated heterocycles. The molecule has 0 aliphatic heterocycles. The molecule has 1 aromatic carbocycles. The van der Waals surface area contributed by atoms with Gasteiger partial charge in [-0.1, -0.05) is 50.6 Å². The first kappa shape index (κ1) is 22.4. The van der Waals surface area contributed by atoms with Crippen LogP contribution in [0.2, 0.25) is 0 Å². The average molecular weight is 377 g/mol. The molecule has 0 saturated carbocycles.